The minimum atomic E-state index is -0.193. The maximum absolute atomic E-state index is 9.86. The second-order valence-electron chi connectivity index (χ2n) is 6.07. The van der Waals surface area contributed by atoms with E-state index < -0.39 is 0 Å². The summed E-state index contributed by atoms with van der Waals surface area (Å²) in [7, 11) is 0. The molecule has 124 valence electrons. The summed E-state index contributed by atoms with van der Waals surface area (Å²) in [5.41, 5.74) is 2.43. The predicted molar refractivity (Wildman–Crippen MR) is 88.5 cm³/mol. The van der Waals surface area contributed by atoms with Crippen molar-refractivity contribution in [3.8, 4) is 5.75 Å². The molecule has 0 saturated heterocycles. The van der Waals surface area contributed by atoms with E-state index in [4.69, 9.17) is 9.47 Å². The number of hydrogen-bond acceptors (Lipinski definition) is 4. The number of nitrogens with one attached hydrogen (secondary N) is 1. The van der Waals surface area contributed by atoms with Crippen molar-refractivity contribution in [2.75, 3.05) is 26.4 Å². The van der Waals surface area contributed by atoms with Crippen molar-refractivity contribution in [3.63, 3.8) is 0 Å². The molecular formula is C18H29NO3. The molecule has 22 heavy (non-hydrogen) atoms. The van der Waals surface area contributed by atoms with Gasteiger partial charge in [0.05, 0.1) is 19.3 Å². The van der Waals surface area contributed by atoms with Gasteiger partial charge in [0.25, 0.3) is 0 Å². The summed E-state index contributed by atoms with van der Waals surface area (Å²) in [4.78, 5) is 0. The van der Waals surface area contributed by atoms with E-state index in [1.807, 2.05) is 12.1 Å². The van der Waals surface area contributed by atoms with Crippen LogP contribution in [0.15, 0.2) is 18.2 Å². The predicted octanol–water partition coefficient (Wildman–Crippen LogP) is 2.59. The summed E-state index contributed by atoms with van der Waals surface area (Å²) >= 11 is 0. The van der Waals surface area contributed by atoms with E-state index in [0.717, 1.165) is 31.6 Å². The van der Waals surface area contributed by atoms with E-state index >= 15 is 0 Å². The van der Waals surface area contributed by atoms with Gasteiger partial charge in [0.2, 0.25) is 0 Å². The molecule has 4 heteroatoms. The van der Waals surface area contributed by atoms with Crippen LogP contribution in [-0.4, -0.2) is 43.6 Å². The molecule has 0 spiro atoms. The van der Waals surface area contributed by atoms with Gasteiger partial charge in [0.15, 0.2) is 0 Å². The Hall–Kier alpha value is -1.10. The number of aryl methyl sites for hydroxylation is 1. The van der Waals surface area contributed by atoms with Gasteiger partial charge in [0, 0.05) is 12.6 Å². The molecule has 1 fully saturated rings. The van der Waals surface area contributed by atoms with Crippen LogP contribution in [0.25, 0.3) is 0 Å². The molecule has 1 aromatic rings. The fourth-order valence-electron chi connectivity index (χ4n) is 2.86. The van der Waals surface area contributed by atoms with Crippen molar-refractivity contribution in [2.45, 2.75) is 51.7 Å². The van der Waals surface area contributed by atoms with Gasteiger partial charge in [-0.05, 0) is 43.9 Å². The van der Waals surface area contributed by atoms with E-state index in [-0.39, 0.29) is 12.1 Å². The van der Waals surface area contributed by atoms with Gasteiger partial charge in [0.1, 0.15) is 12.4 Å². The Morgan fingerprint density at radius 1 is 1.14 bits per heavy atom. The zero-order chi connectivity index (χ0) is 15.8. The number of aliphatic hydroxyl groups is 1. The van der Waals surface area contributed by atoms with E-state index in [9.17, 15) is 5.11 Å². The summed E-state index contributed by atoms with van der Waals surface area (Å²) in [5, 5.41) is 13.2. The van der Waals surface area contributed by atoms with Crippen LogP contribution in [0.4, 0.5) is 0 Å². The molecule has 0 aliphatic heterocycles. The first-order chi connectivity index (χ1) is 10.7. The molecule has 0 aromatic heterocycles. The summed E-state index contributed by atoms with van der Waals surface area (Å²) in [5.74, 6) is 0.937. The smallest absolute Gasteiger partial charge is 0.122 e. The zero-order valence-electron chi connectivity index (χ0n) is 13.8. The third-order valence-electron chi connectivity index (χ3n) is 4.42. The fraction of sp³-hybridized carbons (Fsp3) is 0.667. The highest BCUT2D eigenvalue weighted by atomic mass is 16.5. The highest BCUT2D eigenvalue weighted by Gasteiger charge is 2.21. The molecule has 2 N–H and O–H groups in total. The number of aliphatic hydroxyl groups excluding tert-OH is 1. The van der Waals surface area contributed by atoms with Crippen LogP contribution in [0, 0.1) is 13.8 Å². The van der Waals surface area contributed by atoms with Gasteiger partial charge in [-0.15, -0.1) is 0 Å². The highest BCUT2D eigenvalue weighted by Crippen LogP contribution is 2.20. The maximum atomic E-state index is 9.86. The number of rotatable bonds is 8. The van der Waals surface area contributed by atoms with Crippen molar-refractivity contribution in [3.05, 3.63) is 29.3 Å². The van der Waals surface area contributed by atoms with Gasteiger partial charge in [-0.1, -0.05) is 25.0 Å². The van der Waals surface area contributed by atoms with Crippen LogP contribution >= 0.6 is 0 Å². The first kappa shape index (κ1) is 17.3. The number of hydrogen-bond donors (Lipinski definition) is 2. The lowest BCUT2D eigenvalue weighted by molar-refractivity contribution is 0.0732. The van der Waals surface area contributed by atoms with Gasteiger partial charge >= 0.3 is 0 Å². The normalized spacial score (nSPS) is 21.8. The first-order valence-electron chi connectivity index (χ1n) is 8.36. The lowest BCUT2D eigenvalue weighted by atomic mass is 9.93. The summed E-state index contributed by atoms with van der Waals surface area (Å²) in [6.45, 7) is 6.75. The molecule has 1 aromatic carbocycles. The van der Waals surface area contributed by atoms with Gasteiger partial charge in [-0.3, -0.25) is 0 Å². The second kappa shape index (κ2) is 9.13. The Labute approximate surface area is 133 Å². The lowest BCUT2D eigenvalue weighted by Crippen LogP contribution is -2.43. The van der Waals surface area contributed by atoms with E-state index in [1.165, 1.54) is 17.5 Å². The Morgan fingerprint density at radius 3 is 2.77 bits per heavy atom. The SMILES string of the molecule is Cc1cccc(OCCOCCN[C@@H]2CCCC[C@H]2O)c1C. The van der Waals surface area contributed by atoms with E-state index in [1.54, 1.807) is 0 Å². The van der Waals surface area contributed by atoms with Crippen molar-refractivity contribution in [1.82, 2.24) is 5.32 Å². The molecule has 1 aliphatic rings. The quantitative estimate of drug-likeness (QED) is 0.725. The standard InChI is InChI=1S/C18H29NO3/c1-14-6-5-9-18(15(14)2)22-13-12-21-11-10-19-16-7-3-4-8-17(16)20/h5-6,9,16-17,19-20H,3-4,7-8,10-13H2,1-2H3/t16-,17-/m1/s1. The molecule has 0 bridgehead atoms. The average molecular weight is 307 g/mol. The maximum Gasteiger partial charge on any atom is 0.122 e. The fourth-order valence-corrected chi connectivity index (χ4v) is 2.86. The van der Waals surface area contributed by atoms with Crippen molar-refractivity contribution >= 4 is 0 Å². The van der Waals surface area contributed by atoms with Crippen LogP contribution in [0.5, 0.6) is 5.75 Å². The van der Waals surface area contributed by atoms with Crippen molar-refractivity contribution < 1.29 is 14.6 Å². The topological polar surface area (TPSA) is 50.7 Å². The van der Waals surface area contributed by atoms with Crippen LogP contribution in [0.3, 0.4) is 0 Å². The molecule has 0 unspecified atom stereocenters. The minimum absolute atomic E-state index is 0.193. The number of ether oxygens (including phenoxy) is 2. The van der Waals surface area contributed by atoms with Crippen LogP contribution in [-0.2, 0) is 4.74 Å². The molecule has 2 rings (SSSR count). The largest absolute Gasteiger partial charge is 0.491 e. The Balaban J connectivity index is 1.53. The van der Waals surface area contributed by atoms with Crippen molar-refractivity contribution in [1.29, 1.82) is 0 Å². The third-order valence-corrected chi connectivity index (χ3v) is 4.42. The number of benzene rings is 1. The Morgan fingerprint density at radius 2 is 1.95 bits per heavy atom. The highest BCUT2D eigenvalue weighted by molar-refractivity contribution is 5.38. The van der Waals surface area contributed by atoms with Crippen LogP contribution in [0.2, 0.25) is 0 Å². The van der Waals surface area contributed by atoms with E-state index in [2.05, 4.69) is 25.2 Å². The van der Waals surface area contributed by atoms with Gasteiger partial charge in [-0.25, -0.2) is 0 Å². The molecule has 1 aliphatic carbocycles. The monoisotopic (exact) mass is 307 g/mol. The summed E-state index contributed by atoms with van der Waals surface area (Å²) < 4.78 is 11.3. The van der Waals surface area contributed by atoms with Crippen LogP contribution < -0.4 is 10.1 Å². The van der Waals surface area contributed by atoms with Gasteiger partial charge in [-0.2, -0.15) is 0 Å². The minimum Gasteiger partial charge on any atom is -0.491 e. The summed E-state index contributed by atoms with van der Waals surface area (Å²) in [6.07, 6.45) is 4.14. The van der Waals surface area contributed by atoms with Crippen molar-refractivity contribution in [2.24, 2.45) is 0 Å². The molecule has 2 atom stereocenters. The zero-order valence-corrected chi connectivity index (χ0v) is 13.8. The third kappa shape index (κ3) is 5.27. The van der Waals surface area contributed by atoms with Gasteiger partial charge < -0.3 is 19.9 Å². The molecule has 1 saturated carbocycles. The lowest BCUT2D eigenvalue weighted by Gasteiger charge is -2.28. The first-order valence-corrected chi connectivity index (χ1v) is 8.36. The summed E-state index contributed by atoms with van der Waals surface area (Å²) in [6, 6.07) is 6.33. The molecule has 0 heterocycles. The Bertz CT molecular complexity index is 450. The Kier molecular flexibility index (Phi) is 7.16. The average Bonchev–Trinajstić information content (AvgIpc) is 2.52. The van der Waals surface area contributed by atoms with E-state index in [0.29, 0.717) is 19.8 Å². The molecule has 0 radical (unpaired) electrons. The molecule has 0 amide bonds. The molecular weight excluding hydrogens is 278 g/mol. The van der Waals surface area contributed by atoms with Crippen LogP contribution in [0.1, 0.15) is 36.8 Å². The molecule has 4 nitrogen and oxygen atoms in total. The second-order valence-corrected chi connectivity index (χ2v) is 6.07.